The summed E-state index contributed by atoms with van der Waals surface area (Å²) in [4.78, 5) is 0. The SMILES string of the molecule is CCNC(c1cc(C)cc(F)c1)c1ccc2c(c1)CCO2. The van der Waals surface area contributed by atoms with Crippen molar-refractivity contribution in [3.63, 3.8) is 0 Å². The van der Waals surface area contributed by atoms with Crippen LogP contribution >= 0.6 is 0 Å². The van der Waals surface area contributed by atoms with Crippen LogP contribution in [0.5, 0.6) is 5.75 Å². The van der Waals surface area contributed by atoms with Gasteiger partial charge in [-0.1, -0.05) is 25.1 Å². The van der Waals surface area contributed by atoms with Gasteiger partial charge in [-0.2, -0.15) is 0 Å². The van der Waals surface area contributed by atoms with Gasteiger partial charge in [0.05, 0.1) is 12.6 Å². The molecule has 2 nitrogen and oxygen atoms in total. The Morgan fingerprint density at radius 1 is 1.19 bits per heavy atom. The Hall–Kier alpha value is -1.87. The van der Waals surface area contributed by atoms with E-state index in [0.29, 0.717) is 0 Å². The van der Waals surface area contributed by atoms with Gasteiger partial charge in [0.1, 0.15) is 11.6 Å². The molecule has 0 amide bonds. The van der Waals surface area contributed by atoms with Crippen LogP contribution in [0.3, 0.4) is 0 Å². The molecule has 0 aliphatic carbocycles. The maximum absolute atomic E-state index is 13.7. The van der Waals surface area contributed by atoms with Gasteiger partial charge in [0.15, 0.2) is 0 Å². The maximum Gasteiger partial charge on any atom is 0.123 e. The molecule has 0 fully saturated rings. The van der Waals surface area contributed by atoms with Crippen LogP contribution in [0.15, 0.2) is 36.4 Å². The lowest BCUT2D eigenvalue weighted by atomic mass is 9.95. The number of benzene rings is 2. The molecule has 0 saturated heterocycles. The Labute approximate surface area is 125 Å². The third-order valence-electron chi connectivity index (χ3n) is 3.85. The summed E-state index contributed by atoms with van der Waals surface area (Å²) in [6.45, 7) is 5.57. The first kappa shape index (κ1) is 14.1. The lowest BCUT2D eigenvalue weighted by Crippen LogP contribution is -2.22. The van der Waals surface area contributed by atoms with Crippen molar-refractivity contribution in [3.8, 4) is 5.75 Å². The topological polar surface area (TPSA) is 21.3 Å². The van der Waals surface area contributed by atoms with Gasteiger partial charge in [-0.25, -0.2) is 4.39 Å². The van der Waals surface area contributed by atoms with Crippen molar-refractivity contribution in [2.75, 3.05) is 13.2 Å². The first-order valence-electron chi connectivity index (χ1n) is 7.43. The number of aryl methyl sites for hydroxylation is 1. The number of nitrogens with one attached hydrogen (secondary N) is 1. The summed E-state index contributed by atoms with van der Waals surface area (Å²) in [5.41, 5.74) is 4.31. The molecule has 1 atom stereocenters. The molecule has 2 aromatic carbocycles. The molecular formula is C18H20FNO. The number of halogens is 1. The lowest BCUT2D eigenvalue weighted by molar-refractivity contribution is 0.357. The van der Waals surface area contributed by atoms with E-state index in [4.69, 9.17) is 4.74 Å². The molecule has 1 aliphatic rings. The van der Waals surface area contributed by atoms with Crippen molar-refractivity contribution < 1.29 is 9.13 Å². The summed E-state index contributed by atoms with van der Waals surface area (Å²) in [7, 11) is 0. The van der Waals surface area contributed by atoms with E-state index in [1.807, 2.05) is 19.1 Å². The molecule has 3 heteroatoms. The largest absolute Gasteiger partial charge is 0.493 e. The van der Waals surface area contributed by atoms with Crippen molar-refractivity contribution in [2.45, 2.75) is 26.3 Å². The number of rotatable bonds is 4. The smallest absolute Gasteiger partial charge is 0.123 e. The van der Waals surface area contributed by atoms with Gasteiger partial charge in [0, 0.05) is 6.42 Å². The third-order valence-corrected chi connectivity index (χ3v) is 3.85. The Morgan fingerprint density at radius 3 is 2.81 bits per heavy atom. The highest BCUT2D eigenvalue weighted by molar-refractivity contribution is 5.43. The van der Waals surface area contributed by atoms with Crippen LogP contribution in [0.2, 0.25) is 0 Å². The Kier molecular flexibility index (Phi) is 3.93. The molecule has 0 spiro atoms. The van der Waals surface area contributed by atoms with Gasteiger partial charge < -0.3 is 10.1 Å². The minimum absolute atomic E-state index is 0.00954. The third kappa shape index (κ3) is 2.93. The van der Waals surface area contributed by atoms with E-state index < -0.39 is 0 Å². The molecule has 0 aromatic heterocycles. The highest BCUT2D eigenvalue weighted by Gasteiger charge is 2.18. The molecular weight excluding hydrogens is 265 g/mol. The van der Waals surface area contributed by atoms with E-state index in [-0.39, 0.29) is 11.9 Å². The highest BCUT2D eigenvalue weighted by Crippen LogP contribution is 2.31. The van der Waals surface area contributed by atoms with Crippen LogP contribution in [0.1, 0.15) is 35.2 Å². The zero-order chi connectivity index (χ0) is 14.8. The van der Waals surface area contributed by atoms with Crippen LogP contribution in [0.4, 0.5) is 4.39 Å². The first-order valence-corrected chi connectivity index (χ1v) is 7.43. The van der Waals surface area contributed by atoms with Crippen LogP contribution in [-0.4, -0.2) is 13.2 Å². The Balaban J connectivity index is 2.01. The fourth-order valence-electron chi connectivity index (χ4n) is 2.95. The average Bonchev–Trinajstić information content (AvgIpc) is 2.91. The fourth-order valence-corrected chi connectivity index (χ4v) is 2.95. The normalized spacial score (nSPS) is 14.6. The minimum atomic E-state index is -0.183. The monoisotopic (exact) mass is 285 g/mol. The summed E-state index contributed by atoms with van der Waals surface area (Å²) in [6.07, 6.45) is 0.949. The van der Waals surface area contributed by atoms with E-state index in [1.165, 1.54) is 5.56 Å². The van der Waals surface area contributed by atoms with E-state index in [0.717, 1.165) is 42.0 Å². The average molecular weight is 285 g/mol. The van der Waals surface area contributed by atoms with Crippen molar-refractivity contribution in [3.05, 3.63) is 64.5 Å². The molecule has 2 aromatic rings. The van der Waals surface area contributed by atoms with Crippen molar-refractivity contribution in [1.82, 2.24) is 5.32 Å². The second kappa shape index (κ2) is 5.86. The lowest BCUT2D eigenvalue weighted by Gasteiger charge is -2.20. The first-order chi connectivity index (χ1) is 10.2. The van der Waals surface area contributed by atoms with Gasteiger partial charge >= 0.3 is 0 Å². The quantitative estimate of drug-likeness (QED) is 0.923. The molecule has 1 heterocycles. The van der Waals surface area contributed by atoms with E-state index in [1.54, 1.807) is 12.1 Å². The molecule has 3 rings (SSSR count). The van der Waals surface area contributed by atoms with E-state index >= 15 is 0 Å². The van der Waals surface area contributed by atoms with Crippen LogP contribution in [-0.2, 0) is 6.42 Å². The molecule has 21 heavy (non-hydrogen) atoms. The summed E-state index contributed by atoms with van der Waals surface area (Å²) in [5, 5.41) is 3.45. The van der Waals surface area contributed by atoms with Crippen LogP contribution in [0, 0.1) is 12.7 Å². The van der Waals surface area contributed by atoms with Crippen molar-refractivity contribution in [2.24, 2.45) is 0 Å². The van der Waals surface area contributed by atoms with Crippen LogP contribution < -0.4 is 10.1 Å². The maximum atomic E-state index is 13.7. The molecule has 0 bridgehead atoms. The predicted octanol–water partition coefficient (Wildman–Crippen LogP) is 3.77. The Bertz CT molecular complexity index is 633. The predicted molar refractivity (Wildman–Crippen MR) is 82.3 cm³/mol. The van der Waals surface area contributed by atoms with Gasteiger partial charge in [-0.15, -0.1) is 0 Å². The van der Waals surface area contributed by atoms with Crippen molar-refractivity contribution >= 4 is 0 Å². The summed E-state index contributed by atoms with van der Waals surface area (Å²) in [5.74, 6) is 0.793. The highest BCUT2D eigenvalue weighted by atomic mass is 19.1. The minimum Gasteiger partial charge on any atom is -0.493 e. The van der Waals surface area contributed by atoms with Crippen molar-refractivity contribution in [1.29, 1.82) is 0 Å². The molecule has 0 radical (unpaired) electrons. The number of ether oxygens (including phenoxy) is 1. The van der Waals surface area contributed by atoms with E-state index in [9.17, 15) is 4.39 Å². The number of hydrogen-bond donors (Lipinski definition) is 1. The summed E-state index contributed by atoms with van der Waals surface area (Å²) < 4.78 is 19.3. The second-order valence-electron chi connectivity index (χ2n) is 5.52. The second-order valence-corrected chi connectivity index (χ2v) is 5.52. The van der Waals surface area contributed by atoms with Crippen LogP contribution in [0.25, 0.3) is 0 Å². The molecule has 110 valence electrons. The zero-order valence-electron chi connectivity index (χ0n) is 12.4. The van der Waals surface area contributed by atoms with Gasteiger partial charge in [0.2, 0.25) is 0 Å². The number of fused-ring (bicyclic) bond motifs is 1. The fraction of sp³-hybridized carbons (Fsp3) is 0.333. The van der Waals surface area contributed by atoms with Gasteiger partial charge in [-0.3, -0.25) is 0 Å². The molecule has 1 aliphatic heterocycles. The zero-order valence-corrected chi connectivity index (χ0v) is 12.4. The Morgan fingerprint density at radius 2 is 2.05 bits per heavy atom. The summed E-state index contributed by atoms with van der Waals surface area (Å²) >= 11 is 0. The molecule has 0 saturated carbocycles. The molecule has 1 N–H and O–H groups in total. The van der Waals surface area contributed by atoms with E-state index in [2.05, 4.69) is 24.4 Å². The standard InChI is InChI=1S/C18H20FNO/c1-3-20-18(15-8-12(2)9-16(19)11-15)14-4-5-17-13(10-14)6-7-21-17/h4-5,8-11,18,20H,3,6-7H2,1-2H3. The van der Waals surface area contributed by atoms with Gasteiger partial charge in [-0.05, 0) is 53.9 Å². The molecule has 1 unspecified atom stereocenters. The van der Waals surface area contributed by atoms with Gasteiger partial charge in [0.25, 0.3) is 0 Å². The number of hydrogen-bond acceptors (Lipinski definition) is 2. The summed E-state index contributed by atoms with van der Waals surface area (Å²) in [6, 6.07) is 11.5.